The van der Waals surface area contributed by atoms with Gasteiger partial charge in [-0.2, -0.15) is 13.2 Å². The van der Waals surface area contributed by atoms with Gasteiger partial charge in [-0.15, -0.1) is 0 Å². The average molecular weight is 216 g/mol. The van der Waals surface area contributed by atoms with E-state index in [9.17, 15) is 18.0 Å². The maximum absolute atomic E-state index is 11.9. The highest BCUT2D eigenvalue weighted by atomic mass is 19.4. The molecule has 0 N–H and O–H groups in total. The van der Waals surface area contributed by atoms with E-state index in [-0.39, 0.29) is 6.42 Å². The molecule has 1 aromatic rings. The van der Waals surface area contributed by atoms with Gasteiger partial charge in [0, 0.05) is 6.42 Å². The minimum atomic E-state index is -4.70. The van der Waals surface area contributed by atoms with Crippen molar-refractivity contribution >= 4 is 5.78 Å². The zero-order valence-electron chi connectivity index (χ0n) is 8.27. The molecule has 0 aliphatic carbocycles. The lowest BCUT2D eigenvalue weighted by Gasteiger charge is -2.05. The van der Waals surface area contributed by atoms with Gasteiger partial charge in [0.05, 0.1) is 0 Å². The second kappa shape index (κ2) is 4.47. The summed E-state index contributed by atoms with van der Waals surface area (Å²) in [5.41, 5.74) is 1.79. The third kappa shape index (κ3) is 3.73. The van der Waals surface area contributed by atoms with Crippen molar-refractivity contribution in [1.82, 2.24) is 0 Å². The minimum Gasteiger partial charge on any atom is -0.290 e. The van der Waals surface area contributed by atoms with E-state index in [1.54, 1.807) is 12.1 Å². The maximum atomic E-state index is 11.9. The molecule has 82 valence electrons. The van der Waals surface area contributed by atoms with E-state index in [0.717, 1.165) is 11.1 Å². The third-order valence-corrected chi connectivity index (χ3v) is 2.08. The highest BCUT2D eigenvalue weighted by molar-refractivity contribution is 5.84. The second-order valence-electron chi connectivity index (χ2n) is 3.41. The van der Waals surface area contributed by atoms with E-state index in [2.05, 4.69) is 0 Å². The van der Waals surface area contributed by atoms with Gasteiger partial charge in [-0.3, -0.25) is 4.79 Å². The van der Waals surface area contributed by atoms with Crippen molar-refractivity contribution in [1.29, 1.82) is 0 Å². The zero-order chi connectivity index (χ0) is 11.5. The Morgan fingerprint density at radius 1 is 1.20 bits per heavy atom. The predicted molar refractivity (Wildman–Crippen MR) is 50.6 cm³/mol. The van der Waals surface area contributed by atoms with Crippen molar-refractivity contribution < 1.29 is 18.0 Å². The lowest BCUT2D eigenvalue weighted by molar-refractivity contribution is -0.171. The first kappa shape index (κ1) is 11.8. The van der Waals surface area contributed by atoms with Crippen LogP contribution in [0.5, 0.6) is 0 Å². The van der Waals surface area contributed by atoms with Gasteiger partial charge in [-0.05, 0) is 18.9 Å². The summed E-state index contributed by atoms with van der Waals surface area (Å²) < 4.78 is 35.6. The third-order valence-electron chi connectivity index (χ3n) is 2.08. The molecule has 1 rings (SSSR count). The second-order valence-corrected chi connectivity index (χ2v) is 3.41. The molecule has 0 saturated heterocycles. The summed E-state index contributed by atoms with van der Waals surface area (Å²) in [6, 6.07) is 7.10. The fourth-order valence-corrected chi connectivity index (χ4v) is 1.15. The SMILES string of the molecule is Cc1ccc(CCC(=O)C(F)(F)F)cc1. The Balaban J connectivity index is 2.51. The Bertz CT molecular complexity index is 338. The van der Waals surface area contributed by atoms with Crippen molar-refractivity contribution in [3.63, 3.8) is 0 Å². The van der Waals surface area contributed by atoms with Crippen LogP contribution >= 0.6 is 0 Å². The van der Waals surface area contributed by atoms with Crippen LogP contribution in [0.1, 0.15) is 17.5 Å². The first-order valence-corrected chi connectivity index (χ1v) is 4.55. The monoisotopic (exact) mass is 216 g/mol. The summed E-state index contributed by atoms with van der Waals surface area (Å²) in [4.78, 5) is 10.6. The van der Waals surface area contributed by atoms with E-state index in [1.807, 2.05) is 19.1 Å². The summed E-state index contributed by atoms with van der Waals surface area (Å²) in [5.74, 6) is -1.66. The van der Waals surface area contributed by atoms with E-state index < -0.39 is 18.4 Å². The summed E-state index contributed by atoms with van der Waals surface area (Å²) >= 11 is 0. The van der Waals surface area contributed by atoms with Crippen LogP contribution in [0.2, 0.25) is 0 Å². The molecule has 0 spiro atoms. The molecular formula is C11H11F3O. The number of carbonyl (C=O) groups excluding carboxylic acids is 1. The number of ketones is 1. The van der Waals surface area contributed by atoms with Crippen LogP contribution in [-0.2, 0) is 11.2 Å². The summed E-state index contributed by atoms with van der Waals surface area (Å²) in [6.07, 6.45) is -5.05. The average Bonchev–Trinajstić information content (AvgIpc) is 2.15. The molecule has 1 nitrogen and oxygen atoms in total. The molecule has 1 aromatic carbocycles. The Kier molecular flexibility index (Phi) is 3.50. The quantitative estimate of drug-likeness (QED) is 0.758. The lowest BCUT2D eigenvalue weighted by Crippen LogP contribution is -2.22. The largest absolute Gasteiger partial charge is 0.449 e. The van der Waals surface area contributed by atoms with Crippen LogP contribution in [0.25, 0.3) is 0 Å². The number of aryl methyl sites for hydroxylation is 2. The van der Waals surface area contributed by atoms with Gasteiger partial charge in [0.15, 0.2) is 0 Å². The van der Waals surface area contributed by atoms with Crippen molar-refractivity contribution in [2.75, 3.05) is 0 Å². The molecule has 4 heteroatoms. The topological polar surface area (TPSA) is 17.1 Å². The fraction of sp³-hybridized carbons (Fsp3) is 0.364. The molecule has 0 saturated carbocycles. The molecule has 0 atom stereocenters. The van der Waals surface area contributed by atoms with E-state index in [1.165, 1.54) is 0 Å². The molecule has 0 unspecified atom stereocenters. The molecule has 15 heavy (non-hydrogen) atoms. The van der Waals surface area contributed by atoms with Crippen molar-refractivity contribution in [2.45, 2.75) is 25.9 Å². The Labute approximate surface area is 85.9 Å². The Hall–Kier alpha value is -1.32. The highest BCUT2D eigenvalue weighted by Gasteiger charge is 2.37. The van der Waals surface area contributed by atoms with Gasteiger partial charge in [0.1, 0.15) is 0 Å². The van der Waals surface area contributed by atoms with Gasteiger partial charge >= 0.3 is 6.18 Å². The van der Waals surface area contributed by atoms with Gasteiger partial charge in [-0.1, -0.05) is 29.8 Å². The normalized spacial score (nSPS) is 11.5. The highest BCUT2D eigenvalue weighted by Crippen LogP contribution is 2.19. The molecule has 0 amide bonds. The Morgan fingerprint density at radius 2 is 1.73 bits per heavy atom. The van der Waals surface area contributed by atoms with Crippen LogP contribution in [0.15, 0.2) is 24.3 Å². The molecule has 0 bridgehead atoms. The van der Waals surface area contributed by atoms with Crippen molar-refractivity contribution in [2.24, 2.45) is 0 Å². The molecule has 0 aliphatic rings. The van der Waals surface area contributed by atoms with Crippen LogP contribution in [0.3, 0.4) is 0 Å². The molecule has 0 aliphatic heterocycles. The number of halogens is 3. The maximum Gasteiger partial charge on any atom is 0.449 e. The van der Waals surface area contributed by atoms with E-state index in [0.29, 0.717) is 0 Å². The van der Waals surface area contributed by atoms with Crippen molar-refractivity contribution in [3.05, 3.63) is 35.4 Å². The van der Waals surface area contributed by atoms with Crippen molar-refractivity contribution in [3.8, 4) is 0 Å². The zero-order valence-corrected chi connectivity index (χ0v) is 8.27. The number of hydrogen-bond acceptors (Lipinski definition) is 1. The van der Waals surface area contributed by atoms with Gasteiger partial charge in [0.25, 0.3) is 0 Å². The summed E-state index contributed by atoms with van der Waals surface area (Å²) in [6.45, 7) is 1.89. The standard InChI is InChI=1S/C11H11F3O/c1-8-2-4-9(5-3-8)6-7-10(15)11(12,13)14/h2-5H,6-7H2,1H3. The smallest absolute Gasteiger partial charge is 0.290 e. The number of rotatable bonds is 3. The summed E-state index contributed by atoms with van der Waals surface area (Å²) in [5, 5.41) is 0. The van der Waals surface area contributed by atoms with E-state index in [4.69, 9.17) is 0 Å². The van der Waals surface area contributed by atoms with Crippen LogP contribution in [-0.4, -0.2) is 12.0 Å². The molecule has 0 radical (unpaired) electrons. The van der Waals surface area contributed by atoms with Crippen LogP contribution < -0.4 is 0 Å². The Morgan fingerprint density at radius 3 is 2.20 bits per heavy atom. The van der Waals surface area contributed by atoms with Gasteiger partial charge < -0.3 is 0 Å². The number of benzene rings is 1. The minimum absolute atomic E-state index is 0.138. The fourth-order valence-electron chi connectivity index (χ4n) is 1.15. The lowest BCUT2D eigenvalue weighted by atomic mass is 10.1. The summed E-state index contributed by atoms with van der Waals surface area (Å²) in [7, 11) is 0. The van der Waals surface area contributed by atoms with E-state index >= 15 is 0 Å². The number of Topliss-reactive ketones (excluding diaryl/α,β-unsaturated/α-hetero) is 1. The number of alkyl halides is 3. The molecule has 0 heterocycles. The first-order chi connectivity index (χ1) is 6.89. The number of carbonyl (C=O) groups is 1. The first-order valence-electron chi connectivity index (χ1n) is 4.55. The predicted octanol–water partition coefficient (Wildman–Crippen LogP) is 3.06. The number of hydrogen-bond donors (Lipinski definition) is 0. The van der Waals surface area contributed by atoms with Crippen LogP contribution in [0.4, 0.5) is 13.2 Å². The van der Waals surface area contributed by atoms with Crippen LogP contribution in [0, 0.1) is 6.92 Å². The molecular weight excluding hydrogens is 205 g/mol. The molecule has 0 fully saturated rings. The van der Waals surface area contributed by atoms with Gasteiger partial charge in [0.2, 0.25) is 5.78 Å². The molecule has 0 aromatic heterocycles. The van der Waals surface area contributed by atoms with Gasteiger partial charge in [-0.25, -0.2) is 0 Å².